The number of nitrogens with zero attached hydrogens (tertiary/aromatic N) is 1. The first-order valence-corrected chi connectivity index (χ1v) is 10.2. The zero-order valence-corrected chi connectivity index (χ0v) is 15.5. The second-order valence-corrected chi connectivity index (χ2v) is 7.55. The zero-order chi connectivity index (χ0) is 16.8. The van der Waals surface area contributed by atoms with E-state index >= 15 is 0 Å². The molecule has 0 radical (unpaired) electrons. The number of carbonyl (C=O) groups excluding carboxylic acids is 1. The van der Waals surface area contributed by atoms with Gasteiger partial charge in [-0.25, -0.2) is 4.98 Å². The summed E-state index contributed by atoms with van der Waals surface area (Å²) in [5.74, 6) is 1.82. The van der Waals surface area contributed by atoms with Crippen LogP contribution in [0.2, 0.25) is 0 Å². The van der Waals surface area contributed by atoms with Gasteiger partial charge in [-0.15, -0.1) is 23.1 Å². The maximum absolute atomic E-state index is 12.0. The van der Waals surface area contributed by atoms with Gasteiger partial charge in [-0.05, 0) is 23.6 Å². The van der Waals surface area contributed by atoms with Crippen molar-refractivity contribution in [2.24, 2.45) is 0 Å². The number of thiophene rings is 1. The summed E-state index contributed by atoms with van der Waals surface area (Å²) < 4.78 is 5.15. The van der Waals surface area contributed by atoms with Crippen LogP contribution in [0.5, 0.6) is 5.75 Å². The Morgan fingerprint density at radius 1 is 1.33 bits per heavy atom. The second-order valence-electron chi connectivity index (χ2n) is 4.93. The number of ether oxygens (including phenoxy) is 1. The van der Waals surface area contributed by atoms with Gasteiger partial charge in [0.2, 0.25) is 5.91 Å². The molecule has 0 atom stereocenters. The van der Waals surface area contributed by atoms with Crippen LogP contribution < -0.4 is 10.1 Å². The van der Waals surface area contributed by atoms with E-state index in [1.807, 2.05) is 23.6 Å². The molecule has 3 rings (SSSR count). The molecule has 0 fully saturated rings. The van der Waals surface area contributed by atoms with E-state index in [2.05, 4.69) is 27.1 Å². The summed E-state index contributed by atoms with van der Waals surface area (Å²) in [6.07, 6.45) is 0. The topological polar surface area (TPSA) is 51.2 Å². The van der Waals surface area contributed by atoms with Crippen LogP contribution in [0.4, 0.5) is 5.69 Å². The first kappa shape index (κ1) is 17.0. The van der Waals surface area contributed by atoms with Gasteiger partial charge >= 0.3 is 0 Å². The number of rotatable bonds is 7. The molecule has 24 heavy (non-hydrogen) atoms. The first-order chi connectivity index (χ1) is 11.7. The van der Waals surface area contributed by atoms with E-state index in [-0.39, 0.29) is 5.91 Å². The van der Waals surface area contributed by atoms with Crippen molar-refractivity contribution in [3.63, 3.8) is 0 Å². The Labute approximate surface area is 152 Å². The highest BCUT2D eigenvalue weighted by Crippen LogP contribution is 2.27. The number of hydrogen-bond acceptors (Lipinski definition) is 6. The summed E-state index contributed by atoms with van der Waals surface area (Å²) in [5, 5.41) is 10.1. The van der Waals surface area contributed by atoms with Crippen LogP contribution in [0.25, 0.3) is 10.6 Å². The van der Waals surface area contributed by atoms with Crippen LogP contribution in [0.15, 0.2) is 46.5 Å². The number of nitrogens with one attached hydrogen (secondary N) is 1. The molecule has 0 saturated heterocycles. The van der Waals surface area contributed by atoms with Crippen molar-refractivity contribution in [1.29, 1.82) is 0 Å². The van der Waals surface area contributed by atoms with Gasteiger partial charge in [-0.1, -0.05) is 6.07 Å². The van der Waals surface area contributed by atoms with Gasteiger partial charge in [0.05, 0.1) is 18.6 Å². The standard InChI is InChI=1S/C17H16N2O2S3/c1-21-15-4-2-3-13(7-15)18-16(20)11-23-9-14-10-24-17(19-14)12-5-6-22-8-12/h2-8,10H,9,11H2,1H3,(H,18,20). The molecule has 0 saturated carbocycles. The smallest absolute Gasteiger partial charge is 0.234 e. The van der Waals surface area contributed by atoms with Crippen molar-refractivity contribution in [2.45, 2.75) is 5.75 Å². The highest BCUT2D eigenvalue weighted by molar-refractivity contribution is 7.99. The third kappa shape index (κ3) is 4.59. The molecule has 1 N–H and O–H groups in total. The van der Waals surface area contributed by atoms with Gasteiger partial charge in [0.1, 0.15) is 10.8 Å². The predicted molar refractivity (Wildman–Crippen MR) is 103 cm³/mol. The van der Waals surface area contributed by atoms with Crippen molar-refractivity contribution in [2.75, 3.05) is 18.2 Å². The number of carbonyl (C=O) groups is 1. The van der Waals surface area contributed by atoms with Crippen molar-refractivity contribution >= 4 is 46.0 Å². The Kier molecular flexibility index (Phi) is 5.90. The third-order valence-electron chi connectivity index (χ3n) is 3.16. The molecule has 3 aromatic rings. The van der Waals surface area contributed by atoms with Gasteiger partial charge in [-0.3, -0.25) is 4.79 Å². The van der Waals surface area contributed by atoms with E-state index in [1.165, 1.54) is 0 Å². The van der Waals surface area contributed by atoms with Crippen LogP contribution >= 0.6 is 34.4 Å². The van der Waals surface area contributed by atoms with Crippen molar-refractivity contribution in [3.05, 3.63) is 52.2 Å². The Morgan fingerprint density at radius 3 is 3.04 bits per heavy atom. The average Bonchev–Trinajstić information content (AvgIpc) is 3.26. The maximum Gasteiger partial charge on any atom is 0.234 e. The number of benzene rings is 1. The predicted octanol–water partition coefficient (Wildman–Crippen LogP) is 4.75. The lowest BCUT2D eigenvalue weighted by Crippen LogP contribution is -2.14. The molecule has 0 aliphatic heterocycles. The van der Waals surface area contributed by atoms with Crippen LogP contribution in [0, 0.1) is 0 Å². The molecule has 0 bridgehead atoms. The van der Waals surface area contributed by atoms with Gasteiger partial charge < -0.3 is 10.1 Å². The largest absolute Gasteiger partial charge is 0.497 e. The molecule has 0 unspecified atom stereocenters. The number of hydrogen-bond donors (Lipinski definition) is 1. The maximum atomic E-state index is 12.0. The fraction of sp³-hybridized carbons (Fsp3) is 0.176. The van der Waals surface area contributed by atoms with Crippen LogP contribution in [-0.2, 0) is 10.5 Å². The number of anilines is 1. The molecule has 124 valence electrons. The monoisotopic (exact) mass is 376 g/mol. The van der Waals surface area contributed by atoms with E-state index in [9.17, 15) is 4.79 Å². The number of aromatic nitrogens is 1. The van der Waals surface area contributed by atoms with Crippen molar-refractivity contribution in [1.82, 2.24) is 4.98 Å². The Balaban J connectivity index is 1.46. The Morgan fingerprint density at radius 2 is 2.25 bits per heavy atom. The molecule has 7 heteroatoms. The van der Waals surface area contributed by atoms with Crippen molar-refractivity contribution in [3.8, 4) is 16.3 Å². The van der Waals surface area contributed by atoms with Crippen LogP contribution in [0.3, 0.4) is 0 Å². The molecular weight excluding hydrogens is 360 g/mol. The van der Waals surface area contributed by atoms with E-state index < -0.39 is 0 Å². The molecule has 0 aliphatic rings. The van der Waals surface area contributed by atoms with Gasteiger partial charge in [0.25, 0.3) is 0 Å². The quantitative estimate of drug-likeness (QED) is 0.646. The normalized spacial score (nSPS) is 10.5. The van der Waals surface area contributed by atoms with E-state index in [0.29, 0.717) is 5.75 Å². The molecular formula is C17H16N2O2S3. The second kappa shape index (κ2) is 8.32. The molecule has 0 spiro atoms. The summed E-state index contributed by atoms with van der Waals surface area (Å²) in [6.45, 7) is 0. The number of thiazole rings is 1. The van der Waals surface area contributed by atoms with E-state index in [1.54, 1.807) is 47.6 Å². The molecule has 1 amide bonds. The summed E-state index contributed by atoms with van der Waals surface area (Å²) in [4.78, 5) is 16.6. The number of methoxy groups -OCH3 is 1. The lowest BCUT2D eigenvalue weighted by atomic mass is 10.3. The Bertz CT molecular complexity index is 800. The lowest BCUT2D eigenvalue weighted by Gasteiger charge is -2.06. The third-order valence-corrected chi connectivity index (χ3v) is 5.75. The minimum Gasteiger partial charge on any atom is -0.497 e. The van der Waals surface area contributed by atoms with Crippen LogP contribution in [-0.4, -0.2) is 23.8 Å². The van der Waals surface area contributed by atoms with Gasteiger partial charge in [-0.2, -0.15) is 11.3 Å². The summed E-state index contributed by atoms with van der Waals surface area (Å²) in [5.41, 5.74) is 2.92. The lowest BCUT2D eigenvalue weighted by molar-refractivity contribution is -0.113. The number of thioether (sulfide) groups is 1. The fourth-order valence-corrected chi connectivity index (χ4v) is 4.39. The van der Waals surface area contributed by atoms with Gasteiger partial charge in [0.15, 0.2) is 0 Å². The zero-order valence-electron chi connectivity index (χ0n) is 13.0. The van der Waals surface area contributed by atoms with Crippen LogP contribution in [0.1, 0.15) is 5.69 Å². The molecule has 1 aromatic carbocycles. The average molecular weight is 377 g/mol. The minimum absolute atomic E-state index is 0.0264. The molecule has 2 heterocycles. The molecule has 2 aromatic heterocycles. The summed E-state index contributed by atoms with van der Waals surface area (Å²) in [7, 11) is 1.61. The van der Waals surface area contributed by atoms with E-state index in [4.69, 9.17) is 4.74 Å². The minimum atomic E-state index is -0.0264. The first-order valence-electron chi connectivity index (χ1n) is 7.23. The molecule has 4 nitrogen and oxygen atoms in total. The molecule has 0 aliphatic carbocycles. The van der Waals surface area contributed by atoms with Gasteiger partial charge in [0, 0.05) is 33.8 Å². The highest BCUT2D eigenvalue weighted by Gasteiger charge is 2.07. The summed E-state index contributed by atoms with van der Waals surface area (Å²) >= 11 is 4.87. The Hall–Kier alpha value is -1.83. The van der Waals surface area contributed by atoms with E-state index in [0.717, 1.165) is 33.5 Å². The van der Waals surface area contributed by atoms with Crippen molar-refractivity contribution < 1.29 is 9.53 Å². The fourth-order valence-electron chi connectivity index (χ4n) is 2.04. The SMILES string of the molecule is COc1cccc(NC(=O)CSCc2csc(-c3ccsc3)n2)c1. The summed E-state index contributed by atoms with van der Waals surface area (Å²) in [6, 6.07) is 9.41. The number of amides is 1. The highest BCUT2D eigenvalue weighted by atomic mass is 32.2.